The summed E-state index contributed by atoms with van der Waals surface area (Å²) in [5.74, 6) is 0.0330. The van der Waals surface area contributed by atoms with Crippen molar-refractivity contribution in [2.45, 2.75) is 0 Å². The average molecular weight is 237 g/mol. The van der Waals surface area contributed by atoms with E-state index in [9.17, 15) is 10.1 Å². The summed E-state index contributed by atoms with van der Waals surface area (Å²) < 4.78 is 31.6. The van der Waals surface area contributed by atoms with Gasteiger partial charge in [0.2, 0.25) is 0 Å². The van der Waals surface area contributed by atoms with E-state index >= 15 is 0 Å². The van der Waals surface area contributed by atoms with Crippen LogP contribution in [0.1, 0.15) is 0 Å². The molecule has 1 aromatic carbocycles. The summed E-state index contributed by atoms with van der Waals surface area (Å²) in [5.41, 5.74) is -0.0159. The first-order valence-electron chi connectivity index (χ1n) is 3.33. The summed E-state index contributed by atoms with van der Waals surface area (Å²) in [5, 5.41) is 18.8. The normalized spacial score (nSPS) is 10.0. The van der Waals surface area contributed by atoms with Crippen LogP contribution in [0, 0.1) is 10.1 Å². The van der Waals surface area contributed by atoms with E-state index in [0.29, 0.717) is 0 Å². The fraction of sp³-hybridized carbons (Fsp3) is 0. The van der Waals surface area contributed by atoms with Crippen molar-refractivity contribution in [1.29, 1.82) is 0 Å². The number of hydrogen-bond donors (Lipinski definition) is 3. The highest BCUT2D eigenvalue weighted by Crippen LogP contribution is 2.14. The minimum Gasteiger partial charge on any atom is -0.508 e. The molecule has 0 saturated carbocycles. The van der Waals surface area contributed by atoms with Crippen molar-refractivity contribution in [2.75, 3.05) is 0 Å². The first-order chi connectivity index (χ1) is 6.70. The van der Waals surface area contributed by atoms with Crippen LogP contribution in [0.3, 0.4) is 0 Å². The lowest BCUT2D eigenvalue weighted by molar-refractivity contribution is -0.384. The molecule has 0 aliphatic rings. The van der Waals surface area contributed by atoms with Crippen LogP contribution in [-0.2, 0) is 10.4 Å². The molecule has 0 aliphatic heterocycles. The van der Waals surface area contributed by atoms with E-state index in [1.54, 1.807) is 0 Å². The van der Waals surface area contributed by atoms with E-state index < -0.39 is 15.3 Å². The predicted octanol–water partition coefficient (Wildman–Crippen LogP) is 0.648. The van der Waals surface area contributed by atoms with Gasteiger partial charge >= 0.3 is 10.4 Å². The standard InChI is InChI=1S/C6H5NO3.H2O4S/c8-6-3-1-5(2-4-6)7(9)10;1-5(2,3)4/h1-4,8H;(H2,1,2,3,4). The van der Waals surface area contributed by atoms with Gasteiger partial charge in [0.25, 0.3) is 5.69 Å². The van der Waals surface area contributed by atoms with Gasteiger partial charge in [-0.05, 0) is 12.1 Å². The van der Waals surface area contributed by atoms with Crippen LogP contribution in [0.25, 0.3) is 0 Å². The van der Waals surface area contributed by atoms with Gasteiger partial charge in [-0.15, -0.1) is 0 Å². The number of nitro groups is 1. The molecule has 0 fully saturated rings. The van der Waals surface area contributed by atoms with Crippen LogP contribution in [0.15, 0.2) is 24.3 Å². The van der Waals surface area contributed by atoms with Crippen molar-refractivity contribution in [2.24, 2.45) is 0 Å². The van der Waals surface area contributed by atoms with E-state index in [-0.39, 0.29) is 11.4 Å². The molecule has 0 spiro atoms. The third-order valence-corrected chi connectivity index (χ3v) is 1.06. The average Bonchev–Trinajstić information content (AvgIpc) is 2.01. The van der Waals surface area contributed by atoms with Gasteiger partial charge in [0.1, 0.15) is 5.75 Å². The van der Waals surface area contributed by atoms with E-state index in [1.807, 2.05) is 0 Å². The summed E-state index contributed by atoms with van der Waals surface area (Å²) in [6, 6.07) is 5.04. The molecule has 0 radical (unpaired) electrons. The molecule has 15 heavy (non-hydrogen) atoms. The second-order valence-corrected chi connectivity index (χ2v) is 3.12. The summed E-state index contributed by atoms with van der Waals surface area (Å²) in [4.78, 5) is 9.52. The lowest BCUT2D eigenvalue weighted by Crippen LogP contribution is -1.89. The van der Waals surface area contributed by atoms with Crippen LogP contribution >= 0.6 is 0 Å². The number of non-ortho nitro benzene ring substituents is 1. The van der Waals surface area contributed by atoms with Gasteiger partial charge in [-0.3, -0.25) is 19.2 Å². The van der Waals surface area contributed by atoms with E-state index in [0.717, 1.165) is 0 Å². The molecule has 9 heteroatoms. The van der Waals surface area contributed by atoms with Crippen LogP contribution in [-0.4, -0.2) is 27.6 Å². The molecule has 0 aliphatic carbocycles. The van der Waals surface area contributed by atoms with Gasteiger partial charge in [0.15, 0.2) is 0 Å². The van der Waals surface area contributed by atoms with Crippen molar-refractivity contribution < 1.29 is 27.6 Å². The Balaban J connectivity index is 0.000000336. The highest BCUT2D eigenvalue weighted by Gasteiger charge is 2.01. The van der Waals surface area contributed by atoms with Crippen LogP contribution in [0.2, 0.25) is 0 Å². The zero-order valence-corrected chi connectivity index (χ0v) is 7.96. The number of aromatic hydroxyl groups is 1. The number of phenolic OH excluding ortho intramolecular Hbond substituents is 1. The molecule has 3 N–H and O–H groups in total. The number of benzene rings is 1. The minimum absolute atomic E-state index is 0.0159. The number of nitro benzene ring substituents is 1. The molecule has 1 aromatic rings. The van der Waals surface area contributed by atoms with Crippen LogP contribution < -0.4 is 0 Å². The third kappa shape index (κ3) is 8.62. The smallest absolute Gasteiger partial charge is 0.394 e. The zero-order valence-electron chi connectivity index (χ0n) is 7.14. The first kappa shape index (κ1) is 13.3. The van der Waals surface area contributed by atoms with Crippen molar-refractivity contribution in [3.8, 4) is 5.75 Å². The second kappa shape index (κ2) is 5.24. The van der Waals surface area contributed by atoms with Crippen molar-refractivity contribution in [3.63, 3.8) is 0 Å². The molecule has 1 rings (SSSR count). The highest BCUT2D eigenvalue weighted by molar-refractivity contribution is 7.79. The predicted molar refractivity (Wildman–Crippen MR) is 48.9 cm³/mol. The maximum Gasteiger partial charge on any atom is 0.394 e. The SMILES string of the molecule is O=S(=O)(O)O.O=[N+]([O-])c1ccc(O)cc1. The van der Waals surface area contributed by atoms with Gasteiger partial charge in [0, 0.05) is 12.1 Å². The highest BCUT2D eigenvalue weighted by atomic mass is 32.3. The number of nitrogens with zero attached hydrogens (tertiary/aromatic N) is 1. The molecule has 0 saturated heterocycles. The Bertz CT molecular complexity index is 415. The molecule has 0 aromatic heterocycles. The summed E-state index contributed by atoms with van der Waals surface area (Å²) in [6.45, 7) is 0. The van der Waals surface area contributed by atoms with E-state index in [2.05, 4.69) is 0 Å². The molecule has 0 heterocycles. The quantitative estimate of drug-likeness (QED) is 0.370. The Hall–Kier alpha value is -1.71. The van der Waals surface area contributed by atoms with Crippen molar-refractivity contribution in [3.05, 3.63) is 34.4 Å². The lowest BCUT2D eigenvalue weighted by atomic mass is 10.3. The molecule has 0 bridgehead atoms. The van der Waals surface area contributed by atoms with Gasteiger partial charge in [0.05, 0.1) is 4.92 Å². The molecular weight excluding hydrogens is 230 g/mol. The molecule has 0 unspecified atom stereocenters. The second-order valence-electron chi connectivity index (χ2n) is 2.22. The maximum absolute atomic E-state index is 10.0. The zero-order chi connectivity index (χ0) is 12.1. The maximum atomic E-state index is 10.0. The Morgan fingerprint density at radius 3 is 1.73 bits per heavy atom. The van der Waals surface area contributed by atoms with E-state index in [1.165, 1.54) is 24.3 Å². The third-order valence-electron chi connectivity index (χ3n) is 1.06. The van der Waals surface area contributed by atoms with Gasteiger partial charge in [-0.2, -0.15) is 8.42 Å². The largest absolute Gasteiger partial charge is 0.508 e. The Morgan fingerprint density at radius 2 is 1.47 bits per heavy atom. The van der Waals surface area contributed by atoms with E-state index in [4.69, 9.17) is 22.6 Å². The molecule has 8 nitrogen and oxygen atoms in total. The van der Waals surface area contributed by atoms with Crippen molar-refractivity contribution in [1.82, 2.24) is 0 Å². The van der Waals surface area contributed by atoms with Gasteiger partial charge in [-0.25, -0.2) is 0 Å². The van der Waals surface area contributed by atoms with Gasteiger partial charge < -0.3 is 5.11 Å². The molecule has 0 amide bonds. The molecular formula is C6H7NO7S. The molecule has 84 valence electrons. The monoisotopic (exact) mass is 237 g/mol. The van der Waals surface area contributed by atoms with Gasteiger partial charge in [-0.1, -0.05) is 0 Å². The summed E-state index contributed by atoms with van der Waals surface area (Å²) >= 11 is 0. The fourth-order valence-corrected chi connectivity index (χ4v) is 0.574. The van der Waals surface area contributed by atoms with Crippen LogP contribution in [0.4, 0.5) is 5.69 Å². The Kier molecular flexibility index (Phi) is 4.64. The lowest BCUT2D eigenvalue weighted by Gasteiger charge is -1.89. The molecule has 0 atom stereocenters. The number of hydrogen-bond acceptors (Lipinski definition) is 5. The minimum atomic E-state index is -4.67. The van der Waals surface area contributed by atoms with Crippen LogP contribution in [0.5, 0.6) is 5.75 Å². The summed E-state index contributed by atoms with van der Waals surface area (Å²) in [6.07, 6.45) is 0. The number of rotatable bonds is 1. The topological polar surface area (TPSA) is 138 Å². The Morgan fingerprint density at radius 1 is 1.13 bits per heavy atom. The summed E-state index contributed by atoms with van der Waals surface area (Å²) in [7, 11) is -4.67. The van der Waals surface area contributed by atoms with Crippen molar-refractivity contribution >= 4 is 16.1 Å². The number of phenols is 1. The first-order valence-corrected chi connectivity index (χ1v) is 4.73. The fourth-order valence-electron chi connectivity index (χ4n) is 0.574. The Labute approximate surface area is 84.5 Å².